The van der Waals surface area contributed by atoms with Crippen LogP contribution >= 0.6 is 0 Å². The van der Waals surface area contributed by atoms with Gasteiger partial charge >= 0.3 is 6.16 Å². The summed E-state index contributed by atoms with van der Waals surface area (Å²) < 4.78 is 8.99. The van der Waals surface area contributed by atoms with Crippen LogP contribution in [-0.2, 0) is 4.74 Å². The summed E-state index contributed by atoms with van der Waals surface area (Å²) in [5, 5.41) is 0. The average molecular weight is 245 g/mol. The molecule has 0 aliphatic carbocycles. The van der Waals surface area contributed by atoms with E-state index in [9.17, 15) is 9.59 Å². The molecule has 1 N–H and O–H groups in total. The average Bonchev–Trinajstić information content (AvgIpc) is 2.42. The Morgan fingerprint density at radius 3 is 2.44 bits per heavy atom. The molecule has 0 fully saturated rings. The molecular weight excluding hydrogens is 234 g/mol. The fraction of sp³-hybridized carbons (Fsp3) is 0.0769. The van der Waals surface area contributed by atoms with Crippen molar-refractivity contribution in [3.63, 3.8) is 0 Å². The summed E-state index contributed by atoms with van der Waals surface area (Å²) in [7, 11) is 1.18. The van der Waals surface area contributed by atoms with Gasteiger partial charge in [0, 0.05) is 5.69 Å². The predicted molar refractivity (Wildman–Crippen MR) is 65.5 cm³/mol. The van der Waals surface area contributed by atoms with Crippen LogP contribution in [0.2, 0.25) is 0 Å². The number of nitrogens with one attached hydrogen (secondary N) is 1. The number of carbonyl (C=O) groups excluding carboxylic acids is 1. The van der Waals surface area contributed by atoms with E-state index >= 15 is 0 Å². The maximum absolute atomic E-state index is 11.7. The zero-order chi connectivity index (χ0) is 13.0. The van der Waals surface area contributed by atoms with Gasteiger partial charge in [-0.2, -0.15) is 0 Å². The van der Waals surface area contributed by atoms with Crippen LogP contribution in [0.15, 0.2) is 47.3 Å². The minimum Gasteiger partial charge on any atom is -0.437 e. The predicted octanol–water partition coefficient (Wildman–Crippen LogP) is 2.19. The van der Waals surface area contributed by atoms with Crippen LogP contribution in [0.25, 0.3) is 11.3 Å². The molecule has 5 heteroatoms. The van der Waals surface area contributed by atoms with Crippen molar-refractivity contribution in [2.75, 3.05) is 7.11 Å². The van der Waals surface area contributed by atoms with E-state index in [4.69, 9.17) is 0 Å². The molecular formula is C13H11NO4. The molecule has 0 unspecified atom stereocenters. The normalized spacial score (nSPS) is 9.83. The quantitative estimate of drug-likeness (QED) is 0.823. The van der Waals surface area contributed by atoms with E-state index in [-0.39, 0.29) is 5.75 Å². The Balaban J connectivity index is 2.31. The SMILES string of the molecule is COC(=O)Oc1ccc(-c2ccccc2)[nH]c1=O. The summed E-state index contributed by atoms with van der Waals surface area (Å²) in [6, 6.07) is 12.4. The van der Waals surface area contributed by atoms with Gasteiger partial charge in [-0.1, -0.05) is 30.3 Å². The zero-order valence-electron chi connectivity index (χ0n) is 9.67. The monoisotopic (exact) mass is 245 g/mol. The third-order valence-corrected chi connectivity index (χ3v) is 2.32. The molecule has 18 heavy (non-hydrogen) atoms. The highest BCUT2D eigenvalue weighted by Crippen LogP contribution is 2.16. The Bertz CT molecular complexity index is 604. The molecule has 0 atom stereocenters. The minimum absolute atomic E-state index is 0.0958. The van der Waals surface area contributed by atoms with Crippen molar-refractivity contribution < 1.29 is 14.3 Å². The van der Waals surface area contributed by atoms with Gasteiger partial charge in [0.25, 0.3) is 5.56 Å². The topological polar surface area (TPSA) is 68.4 Å². The first kappa shape index (κ1) is 11.9. The number of hydrogen-bond acceptors (Lipinski definition) is 4. The second-order valence-electron chi connectivity index (χ2n) is 3.49. The lowest BCUT2D eigenvalue weighted by Crippen LogP contribution is -2.16. The van der Waals surface area contributed by atoms with Crippen molar-refractivity contribution in [2.45, 2.75) is 0 Å². The number of aromatic nitrogens is 1. The molecule has 0 aliphatic heterocycles. The number of H-pyrrole nitrogens is 1. The lowest BCUT2D eigenvalue weighted by Gasteiger charge is -2.04. The van der Waals surface area contributed by atoms with E-state index in [1.807, 2.05) is 30.3 Å². The Morgan fingerprint density at radius 1 is 1.11 bits per heavy atom. The molecule has 2 rings (SSSR count). The lowest BCUT2D eigenvalue weighted by atomic mass is 10.1. The van der Waals surface area contributed by atoms with Crippen molar-refractivity contribution in [1.29, 1.82) is 0 Å². The molecule has 0 saturated heterocycles. The molecule has 1 aromatic heterocycles. The first-order chi connectivity index (χ1) is 8.70. The summed E-state index contributed by atoms with van der Waals surface area (Å²) in [4.78, 5) is 25.2. The third-order valence-electron chi connectivity index (χ3n) is 2.32. The second-order valence-corrected chi connectivity index (χ2v) is 3.49. The van der Waals surface area contributed by atoms with Gasteiger partial charge in [-0.25, -0.2) is 4.79 Å². The largest absolute Gasteiger partial charge is 0.513 e. The number of carbonyl (C=O) groups is 1. The Hall–Kier alpha value is -2.56. The molecule has 1 heterocycles. The number of methoxy groups -OCH3 is 1. The molecule has 0 saturated carbocycles. The first-order valence-electron chi connectivity index (χ1n) is 5.25. The molecule has 0 radical (unpaired) electrons. The van der Waals surface area contributed by atoms with Gasteiger partial charge in [0.1, 0.15) is 0 Å². The molecule has 0 amide bonds. The highest BCUT2D eigenvalue weighted by atomic mass is 16.7. The summed E-state index contributed by atoms with van der Waals surface area (Å²) in [6.45, 7) is 0. The standard InChI is InChI=1S/C13H11NO4/c1-17-13(16)18-11-8-7-10(14-12(11)15)9-5-3-2-4-6-9/h2-8H,1H3,(H,14,15). The van der Waals surface area contributed by atoms with E-state index < -0.39 is 11.7 Å². The molecule has 0 spiro atoms. The van der Waals surface area contributed by atoms with Crippen LogP contribution in [0.1, 0.15) is 0 Å². The van der Waals surface area contributed by atoms with Crippen LogP contribution in [0.5, 0.6) is 5.75 Å². The van der Waals surface area contributed by atoms with Crippen molar-refractivity contribution in [2.24, 2.45) is 0 Å². The molecule has 2 aromatic rings. The molecule has 5 nitrogen and oxygen atoms in total. The van der Waals surface area contributed by atoms with Crippen molar-refractivity contribution in [3.05, 3.63) is 52.8 Å². The van der Waals surface area contributed by atoms with Crippen molar-refractivity contribution >= 4 is 6.16 Å². The van der Waals surface area contributed by atoms with Crippen LogP contribution in [0.4, 0.5) is 4.79 Å². The van der Waals surface area contributed by atoms with Gasteiger partial charge in [0.05, 0.1) is 7.11 Å². The fourth-order valence-electron chi connectivity index (χ4n) is 1.46. The Labute approximate surface area is 103 Å². The van der Waals surface area contributed by atoms with Gasteiger partial charge < -0.3 is 14.5 Å². The second kappa shape index (κ2) is 5.18. The molecule has 92 valence electrons. The van der Waals surface area contributed by atoms with E-state index in [2.05, 4.69) is 14.5 Å². The summed E-state index contributed by atoms with van der Waals surface area (Å²) in [5.74, 6) is -0.0958. The number of benzene rings is 1. The number of rotatable bonds is 2. The highest BCUT2D eigenvalue weighted by Gasteiger charge is 2.08. The number of hydrogen-bond donors (Lipinski definition) is 1. The van der Waals surface area contributed by atoms with E-state index in [0.29, 0.717) is 5.69 Å². The minimum atomic E-state index is -0.923. The highest BCUT2D eigenvalue weighted by molar-refractivity contribution is 5.64. The zero-order valence-corrected chi connectivity index (χ0v) is 9.67. The maximum atomic E-state index is 11.7. The van der Waals surface area contributed by atoms with Crippen LogP contribution in [0.3, 0.4) is 0 Å². The molecule has 1 aromatic carbocycles. The van der Waals surface area contributed by atoms with Crippen LogP contribution < -0.4 is 10.3 Å². The first-order valence-corrected chi connectivity index (χ1v) is 5.25. The van der Waals surface area contributed by atoms with Gasteiger partial charge in [-0.05, 0) is 17.7 Å². The maximum Gasteiger partial charge on any atom is 0.513 e. The van der Waals surface area contributed by atoms with Crippen LogP contribution in [0, 0.1) is 0 Å². The van der Waals surface area contributed by atoms with E-state index in [1.165, 1.54) is 13.2 Å². The lowest BCUT2D eigenvalue weighted by molar-refractivity contribution is 0.121. The molecule has 0 aliphatic rings. The summed E-state index contributed by atoms with van der Waals surface area (Å²) in [5.41, 5.74) is 1.04. The summed E-state index contributed by atoms with van der Waals surface area (Å²) >= 11 is 0. The molecule has 0 bridgehead atoms. The van der Waals surface area contributed by atoms with Gasteiger partial charge in [-0.15, -0.1) is 0 Å². The van der Waals surface area contributed by atoms with Crippen molar-refractivity contribution in [3.8, 4) is 17.0 Å². The summed E-state index contributed by atoms with van der Waals surface area (Å²) in [6.07, 6.45) is -0.923. The van der Waals surface area contributed by atoms with E-state index in [0.717, 1.165) is 5.56 Å². The number of aromatic amines is 1. The smallest absolute Gasteiger partial charge is 0.437 e. The van der Waals surface area contributed by atoms with Crippen LogP contribution in [-0.4, -0.2) is 18.2 Å². The van der Waals surface area contributed by atoms with Gasteiger partial charge in [0.2, 0.25) is 0 Å². The van der Waals surface area contributed by atoms with Crippen molar-refractivity contribution in [1.82, 2.24) is 4.98 Å². The Kier molecular flexibility index (Phi) is 3.43. The Morgan fingerprint density at radius 2 is 1.83 bits per heavy atom. The number of pyridine rings is 1. The van der Waals surface area contributed by atoms with E-state index in [1.54, 1.807) is 6.07 Å². The fourth-order valence-corrected chi connectivity index (χ4v) is 1.46. The number of ether oxygens (including phenoxy) is 2. The third kappa shape index (κ3) is 2.57. The van der Waals surface area contributed by atoms with Gasteiger partial charge in [0.15, 0.2) is 5.75 Å². The van der Waals surface area contributed by atoms with Gasteiger partial charge in [-0.3, -0.25) is 4.79 Å².